The summed E-state index contributed by atoms with van der Waals surface area (Å²) in [6.07, 6.45) is 12.5. The number of rotatable bonds is 0. The summed E-state index contributed by atoms with van der Waals surface area (Å²) in [6.45, 7) is 1.94. The van der Waals surface area contributed by atoms with Crippen molar-refractivity contribution in [2.75, 3.05) is 0 Å². The predicted molar refractivity (Wildman–Crippen MR) is 58.5 cm³/mol. The Morgan fingerprint density at radius 3 is 2.86 bits per heavy atom. The SMILES string of the molecule is CC1=NC2=CC=CC3=CC=CC(=N1)C32. The monoisotopic (exact) mass is 182 g/mol. The molecule has 2 heteroatoms. The number of hydrogen-bond donors (Lipinski definition) is 0. The highest BCUT2D eigenvalue weighted by molar-refractivity contribution is 6.10. The van der Waals surface area contributed by atoms with E-state index in [4.69, 9.17) is 0 Å². The maximum Gasteiger partial charge on any atom is 0.125 e. The lowest BCUT2D eigenvalue weighted by Crippen LogP contribution is -2.24. The Morgan fingerprint density at radius 1 is 1.07 bits per heavy atom. The molecule has 0 spiro atoms. The maximum atomic E-state index is 4.45. The number of hydrogen-bond acceptors (Lipinski definition) is 2. The molecule has 0 radical (unpaired) electrons. The van der Waals surface area contributed by atoms with Crippen LogP contribution >= 0.6 is 0 Å². The summed E-state index contributed by atoms with van der Waals surface area (Å²) in [5.74, 6) is 1.14. The lowest BCUT2D eigenvalue weighted by Gasteiger charge is -2.27. The molecule has 3 rings (SSSR count). The second kappa shape index (κ2) is 2.64. The van der Waals surface area contributed by atoms with Crippen LogP contribution < -0.4 is 0 Å². The minimum atomic E-state index is 0.286. The fourth-order valence-corrected chi connectivity index (χ4v) is 2.05. The molecule has 0 saturated heterocycles. The first kappa shape index (κ1) is 7.68. The van der Waals surface area contributed by atoms with E-state index in [2.05, 4.69) is 46.4 Å². The molecule has 0 fully saturated rings. The average molecular weight is 182 g/mol. The third kappa shape index (κ3) is 0.970. The fourth-order valence-electron chi connectivity index (χ4n) is 2.05. The molecule has 2 aliphatic carbocycles. The van der Waals surface area contributed by atoms with Gasteiger partial charge in [-0.2, -0.15) is 0 Å². The van der Waals surface area contributed by atoms with Gasteiger partial charge in [0.15, 0.2) is 0 Å². The van der Waals surface area contributed by atoms with Crippen molar-refractivity contribution >= 4 is 11.5 Å². The molecule has 14 heavy (non-hydrogen) atoms. The number of allylic oxidation sites excluding steroid dienone is 7. The van der Waals surface area contributed by atoms with Crippen LogP contribution in [0, 0.1) is 5.92 Å². The van der Waals surface area contributed by atoms with Crippen molar-refractivity contribution in [3.05, 3.63) is 47.7 Å². The lowest BCUT2D eigenvalue weighted by atomic mass is 9.83. The average Bonchev–Trinajstić information content (AvgIpc) is 2.18. The van der Waals surface area contributed by atoms with Gasteiger partial charge in [-0.15, -0.1) is 0 Å². The molecule has 2 nitrogen and oxygen atoms in total. The highest BCUT2D eigenvalue weighted by Gasteiger charge is 2.28. The van der Waals surface area contributed by atoms with Gasteiger partial charge in [0.05, 0.1) is 17.3 Å². The van der Waals surface area contributed by atoms with Crippen molar-refractivity contribution in [2.45, 2.75) is 6.92 Å². The summed E-state index contributed by atoms with van der Waals surface area (Å²) >= 11 is 0. The summed E-state index contributed by atoms with van der Waals surface area (Å²) < 4.78 is 0. The van der Waals surface area contributed by atoms with Gasteiger partial charge in [0, 0.05) is 0 Å². The van der Waals surface area contributed by atoms with Gasteiger partial charge in [-0.3, -0.25) is 0 Å². The Balaban J connectivity index is 2.23. The first-order valence-corrected chi connectivity index (χ1v) is 4.75. The fraction of sp³-hybridized carbons (Fsp3) is 0.167. The first-order valence-electron chi connectivity index (χ1n) is 4.75. The molecular formula is C12H10N2. The van der Waals surface area contributed by atoms with E-state index in [1.807, 2.05) is 6.92 Å². The molecule has 1 heterocycles. The zero-order valence-electron chi connectivity index (χ0n) is 7.94. The van der Waals surface area contributed by atoms with Crippen molar-refractivity contribution in [3.8, 4) is 0 Å². The van der Waals surface area contributed by atoms with E-state index in [1.54, 1.807) is 0 Å². The molecule has 1 atom stereocenters. The van der Waals surface area contributed by atoms with Crippen LogP contribution in [0.1, 0.15) is 6.92 Å². The van der Waals surface area contributed by atoms with Crippen LogP contribution in [0.5, 0.6) is 0 Å². The summed E-state index contributed by atoms with van der Waals surface area (Å²) in [5, 5.41) is 0. The van der Waals surface area contributed by atoms with E-state index in [-0.39, 0.29) is 5.92 Å². The minimum absolute atomic E-state index is 0.286. The molecule has 1 aliphatic heterocycles. The number of nitrogens with zero attached hydrogens (tertiary/aromatic N) is 2. The van der Waals surface area contributed by atoms with Crippen LogP contribution in [-0.4, -0.2) is 11.5 Å². The highest BCUT2D eigenvalue weighted by atomic mass is 15.0. The van der Waals surface area contributed by atoms with Gasteiger partial charge < -0.3 is 0 Å². The Labute approximate surface area is 82.8 Å². The van der Waals surface area contributed by atoms with E-state index in [0.29, 0.717) is 0 Å². The Morgan fingerprint density at radius 2 is 1.93 bits per heavy atom. The number of amidine groups is 1. The van der Waals surface area contributed by atoms with Gasteiger partial charge >= 0.3 is 0 Å². The van der Waals surface area contributed by atoms with Crippen molar-refractivity contribution < 1.29 is 0 Å². The summed E-state index contributed by atoms with van der Waals surface area (Å²) in [4.78, 5) is 8.90. The van der Waals surface area contributed by atoms with Crippen LogP contribution in [-0.2, 0) is 0 Å². The molecule has 0 bridgehead atoms. The Hall–Kier alpha value is -1.70. The molecule has 0 aromatic heterocycles. The minimum Gasteiger partial charge on any atom is -0.237 e. The van der Waals surface area contributed by atoms with Crippen LogP contribution in [0.2, 0.25) is 0 Å². The third-order valence-electron chi connectivity index (χ3n) is 2.62. The predicted octanol–water partition coefficient (Wildman–Crippen LogP) is 2.43. The van der Waals surface area contributed by atoms with Crippen LogP contribution in [0.3, 0.4) is 0 Å². The van der Waals surface area contributed by atoms with E-state index < -0.39 is 0 Å². The quantitative estimate of drug-likeness (QED) is 0.549. The van der Waals surface area contributed by atoms with Gasteiger partial charge in [0.25, 0.3) is 0 Å². The first-order chi connectivity index (χ1) is 6.84. The van der Waals surface area contributed by atoms with Crippen molar-refractivity contribution in [1.29, 1.82) is 0 Å². The third-order valence-corrected chi connectivity index (χ3v) is 2.62. The zero-order chi connectivity index (χ0) is 9.54. The van der Waals surface area contributed by atoms with Crippen LogP contribution in [0.25, 0.3) is 0 Å². The standard InChI is InChI=1S/C12H10N2/c1-8-13-10-6-2-4-9-5-3-7-11(14-8)12(9)10/h2-7,12H,1H3. The summed E-state index contributed by atoms with van der Waals surface area (Å²) in [6, 6.07) is 0. The zero-order valence-corrected chi connectivity index (χ0v) is 7.94. The van der Waals surface area contributed by atoms with Crippen molar-refractivity contribution in [2.24, 2.45) is 15.9 Å². The van der Waals surface area contributed by atoms with E-state index >= 15 is 0 Å². The molecule has 0 aromatic rings. The largest absolute Gasteiger partial charge is 0.237 e. The highest BCUT2D eigenvalue weighted by Crippen LogP contribution is 2.33. The van der Waals surface area contributed by atoms with E-state index in [0.717, 1.165) is 17.2 Å². The second-order valence-corrected chi connectivity index (χ2v) is 3.61. The van der Waals surface area contributed by atoms with Gasteiger partial charge in [0.1, 0.15) is 5.84 Å². The Bertz CT molecular complexity index is 469. The summed E-state index contributed by atoms with van der Waals surface area (Å²) in [5.41, 5.74) is 3.52. The van der Waals surface area contributed by atoms with E-state index in [9.17, 15) is 0 Å². The van der Waals surface area contributed by atoms with Crippen LogP contribution in [0.4, 0.5) is 0 Å². The summed E-state index contributed by atoms with van der Waals surface area (Å²) in [7, 11) is 0. The van der Waals surface area contributed by atoms with Crippen molar-refractivity contribution in [3.63, 3.8) is 0 Å². The van der Waals surface area contributed by atoms with Crippen LogP contribution in [0.15, 0.2) is 57.7 Å². The van der Waals surface area contributed by atoms with Gasteiger partial charge in [-0.1, -0.05) is 24.3 Å². The lowest BCUT2D eigenvalue weighted by molar-refractivity contribution is 0.919. The van der Waals surface area contributed by atoms with E-state index in [1.165, 1.54) is 5.57 Å². The molecule has 0 saturated carbocycles. The van der Waals surface area contributed by atoms with Gasteiger partial charge in [0.2, 0.25) is 0 Å². The van der Waals surface area contributed by atoms with Gasteiger partial charge in [-0.25, -0.2) is 9.98 Å². The Kier molecular flexibility index (Phi) is 1.45. The second-order valence-electron chi connectivity index (χ2n) is 3.61. The maximum absolute atomic E-state index is 4.45. The molecule has 1 unspecified atom stereocenters. The molecular weight excluding hydrogens is 172 g/mol. The molecule has 0 aromatic carbocycles. The van der Waals surface area contributed by atoms with Gasteiger partial charge in [-0.05, 0) is 24.6 Å². The molecule has 0 N–H and O–H groups in total. The molecule has 3 aliphatic rings. The normalized spacial score (nSPS) is 27.4. The topological polar surface area (TPSA) is 24.7 Å². The smallest absolute Gasteiger partial charge is 0.125 e. The molecule has 68 valence electrons. The van der Waals surface area contributed by atoms with Crippen molar-refractivity contribution in [1.82, 2.24) is 0 Å². The molecule has 0 amide bonds. The number of aliphatic imine (C=N–C) groups is 2.